The van der Waals surface area contributed by atoms with Gasteiger partial charge in [0.2, 0.25) is 0 Å². The van der Waals surface area contributed by atoms with Gasteiger partial charge >= 0.3 is 0 Å². The molecule has 0 aromatic heterocycles. The van der Waals surface area contributed by atoms with Crippen LogP contribution in [0.4, 0.5) is 0 Å². The summed E-state index contributed by atoms with van der Waals surface area (Å²) < 4.78 is 5.71. The number of aliphatic hydroxyl groups is 2. The first-order valence-electron chi connectivity index (χ1n) is 10.5. The van der Waals surface area contributed by atoms with E-state index in [-0.39, 0.29) is 29.5 Å². The van der Waals surface area contributed by atoms with E-state index in [9.17, 15) is 15.0 Å². The van der Waals surface area contributed by atoms with Crippen LogP contribution in [0, 0.1) is 35.5 Å². The molecule has 0 amide bonds. The van der Waals surface area contributed by atoms with Crippen molar-refractivity contribution in [3.8, 4) is 11.8 Å². The number of fused-ring (bicyclic) bond motifs is 1. The Labute approximate surface area is 157 Å². The highest BCUT2D eigenvalue weighted by molar-refractivity contribution is 5.97. The van der Waals surface area contributed by atoms with E-state index in [1.54, 1.807) is 7.11 Å². The fraction of sp³-hybridized carbons (Fsp3) is 0.864. The van der Waals surface area contributed by atoms with E-state index >= 15 is 0 Å². The van der Waals surface area contributed by atoms with Gasteiger partial charge in [0, 0.05) is 18.9 Å². The molecule has 3 aliphatic rings. The molecule has 4 heteroatoms. The lowest BCUT2D eigenvalue weighted by Crippen LogP contribution is -2.70. The van der Waals surface area contributed by atoms with Gasteiger partial charge in [0.1, 0.15) is 11.7 Å². The molecule has 0 aromatic carbocycles. The molecule has 0 aromatic rings. The van der Waals surface area contributed by atoms with Crippen LogP contribution in [0.25, 0.3) is 0 Å². The van der Waals surface area contributed by atoms with Crippen LogP contribution in [-0.2, 0) is 9.53 Å². The highest BCUT2D eigenvalue weighted by atomic mass is 16.5. The third-order valence-electron chi connectivity index (χ3n) is 7.07. The minimum atomic E-state index is -0.757. The summed E-state index contributed by atoms with van der Waals surface area (Å²) in [6.45, 7) is 2.13. The van der Waals surface area contributed by atoms with Crippen LogP contribution in [-0.4, -0.2) is 40.9 Å². The van der Waals surface area contributed by atoms with Crippen molar-refractivity contribution in [2.24, 2.45) is 23.7 Å². The first-order chi connectivity index (χ1) is 12.5. The van der Waals surface area contributed by atoms with Crippen molar-refractivity contribution < 1.29 is 19.7 Å². The highest BCUT2D eigenvalue weighted by Gasteiger charge is 2.66. The number of unbranched alkanes of at least 4 members (excludes halogenated alkanes) is 1. The van der Waals surface area contributed by atoms with Gasteiger partial charge in [-0.05, 0) is 38.0 Å². The Bertz CT molecular complexity index is 556. The largest absolute Gasteiger partial charge is 0.392 e. The summed E-state index contributed by atoms with van der Waals surface area (Å²) in [5.41, 5.74) is -0.757. The van der Waals surface area contributed by atoms with Gasteiger partial charge in [-0.25, -0.2) is 0 Å². The predicted molar refractivity (Wildman–Crippen MR) is 100 cm³/mol. The molecular weight excluding hydrogens is 328 g/mol. The second kappa shape index (κ2) is 8.42. The quantitative estimate of drug-likeness (QED) is 0.738. The van der Waals surface area contributed by atoms with Crippen LogP contribution < -0.4 is 0 Å². The van der Waals surface area contributed by atoms with Gasteiger partial charge in [-0.2, -0.15) is 0 Å². The number of hydrogen-bond donors (Lipinski definition) is 2. The molecule has 0 bridgehead atoms. The molecule has 1 unspecified atom stereocenters. The summed E-state index contributed by atoms with van der Waals surface area (Å²) in [7, 11) is 1.61. The molecule has 4 nitrogen and oxygen atoms in total. The fourth-order valence-corrected chi connectivity index (χ4v) is 5.49. The summed E-state index contributed by atoms with van der Waals surface area (Å²) in [6, 6.07) is 0. The normalized spacial score (nSPS) is 38.7. The van der Waals surface area contributed by atoms with Crippen molar-refractivity contribution >= 4 is 5.78 Å². The molecule has 26 heavy (non-hydrogen) atoms. The van der Waals surface area contributed by atoms with Crippen molar-refractivity contribution in [3.63, 3.8) is 0 Å². The Balaban J connectivity index is 1.77. The van der Waals surface area contributed by atoms with Crippen LogP contribution in [0.15, 0.2) is 0 Å². The molecule has 6 atom stereocenters. The van der Waals surface area contributed by atoms with Crippen LogP contribution in [0.1, 0.15) is 71.1 Å². The summed E-state index contributed by atoms with van der Waals surface area (Å²) in [5.74, 6) is 6.33. The third-order valence-corrected chi connectivity index (χ3v) is 7.07. The maximum Gasteiger partial charge on any atom is 0.168 e. The van der Waals surface area contributed by atoms with Gasteiger partial charge in [0.15, 0.2) is 5.78 Å². The molecule has 0 aliphatic heterocycles. The number of methoxy groups -OCH3 is 1. The zero-order valence-electron chi connectivity index (χ0n) is 16.2. The second-order valence-corrected chi connectivity index (χ2v) is 8.50. The Morgan fingerprint density at radius 2 is 2.00 bits per heavy atom. The van der Waals surface area contributed by atoms with Crippen molar-refractivity contribution in [3.05, 3.63) is 0 Å². The van der Waals surface area contributed by atoms with Gasteiger partial charge in [0.25, 0.3) is 0 Å². The minimum Gasteiger partial charge on any atom is -0.392 e. The third kappa shape index (κ3) is 3.46. The lowest BCUT2D eigenvalue weighted by molar-refractivity contribution is -0.208. The van der Waals surface area contributed by atoms with Gasteiger partial charge < -0.3 is 14.9 Å². The van der Waals surface area contributed by atoms with E-state index in [1.807, 2.05) is 0 Å². The molecule has 0 heterocycles. The van der Waals surface area contributed by atoms with Crippen LogP contribution in [0.3, 0.4) is 0 Å². The van der Waals surface area contributed by atoms with Crippen molar-refractivity contribution in [2.75, 3.05) is 7.11 Å². The fourth-order valence-electron chi connectivity index (χ4n) is 5.49. The van der Waals surface area contributed by atoms with Gasteiger partial charge in [0.05, 0.1) is 12.0 Å². The zero-order chi connectivity index (χ0) is 18.7. The van der Waals surface area contributed by atoms with Crippen LogP contribution >= 0.6 is 0 Å². The maximum atomic E-state index is 12.8. The Morgan fingerprint density at radius 3 is 2.65 bits per heavy atom. The van der Waals surface area contributed by atoms with E-state index in [0.29, 0.717) is 12.8 Å². The van der Waals surface area contributed by atoms with Crippen molar-refractivity contribution in [1.29, 1.82) is 0 Å². The number of ketones is 1. The summed E-state index contributed by atoms with van der Waals surface area (Å²) in [6.07, 6.45) is 8.52. The van der Waals surface area contributed by atoms with E-state index in [2.05, 4.69) is 18.8 Å². The van der Waals surface area contributed by atoms with Gasteiger partial charge in [-0.15, -0.1) is 0 Å². The lowest BCUT2D eigenvalue weighted by atomic mass is 9.49. The van der Waals surface area contributed by atoms with Crippen LogP contribution in [0.2, 0.25) is 0 Å². The molecule has 3 rings (SSSR count). The second-order valence-electron chi connectivity index (χ2n) is 8.50. The van der Waals surface area contributed by atoms with Gasteiger partial charge in [-0.3, -0.25) is 4.79 Å². The number of ether oxygens (including phenoxy) is 1. The molecule has 0 spiro atoms. The average molecular weight is 363 g/mol. The van der Waals surface area contributed by atoms with E-state index in [0.717, 1.165) is 32.1 Å². The Kier molecular flexibility index (Phi) is 6.43. The summed E-state index contributed by atoms with van der Waals surface area (Å²) >= 11 is 0. The number of rotatable bonds is 5. The molecule has 146 valence electrons. The molecule has 2 N–H and O–H groups in total. The van der Waals surface area contributed by atoms with E-state index in [4.69, 9.17) is 4.74 Å². The molecule has 3 aliphatic carbocycles. The number of carbonyl (C=O) groups excluding carboxylic acids is 1. The number of carbonyl (C=O) groups is 1. The van der Waals surface area contributed by atoms with Gasteiger partial charge in [-0.1, -0.05) is 50.9 Å². The maximum absolute atomic E-state index is 12.8. The Morgan fingerprint density at radius 1 is 1.27 bits per heavy atom. The van der Waals surface area contributed by atoms with Crippen molar-refractivity contribution in [2.45, 2.75) is 88.9 Å². The van der Waals surface area contributed by atoms with Crippen LogP contribution in [0.5, 0.6) is 0 Å². The SMILES string of the molecule is CCCCC1C(=O)[C@@]2(OC)CC[C@@H](O)[C@H](C#C[C@@H](O)C3CCCCC3)[C@@H]12. The molecule has 0 radical (unpaired) electrons. The first-order valence-corrected chi connectivity index (χ1v) is 10.5. The molecule has 0 saturated heterocycles. The number of hydrogen-bond acceptors (Lipinski definition) is 4. The molecule has 3 fully saturated rings. The van der Waals surface area contributed by atoms with Crippen molar-refractivity contribution in [1.82, 2.24) is 0 Å². The smallest absolute Gasteiger partial charge is 0.168 e. The average Bonchev–Trinajstić information content (AvgIpc) is 2.68. The first kappa shape index (κ1) is 19.9. The van der Waals surface area contributed by atoms with E-state index < -0.39 is 17.8 Å². The summed E-state index contributed by atoms with van der Waals surface area (Å²) in [4.78, 5) is 12.8. The molecular formula is C22H34O4. The highest BCUT2D eigenvalue weighted by Crippen LogP contribution is 2.55. The Hall–Kier alpha value is -0.890. The van der Waals surface area contributed by atoms with E-state index in [1.165, 1.54) is 19.3 Å². The number of aliphatic hydroxyl groups excluding tert-OH is 2. The zero-order valence-corrected chi connectivity index (χ0v) is 16.2. The summed E-state index contributed by atoms with van der Waals surface area (Å²) in [5, 5.41) is 21.1. The molecule has 3 saturated carbocycles. The monoisotopic (exact) mass is 362 g/mol. The number of Topliss-reactive ketones (excluding diaryl/α,β-unsaturated/α-hetero) is 1. The minimum absolute atomic E-state index is 0.0404. The predicted octanol–water partition coefficient (Wildman–Crippen LogP) is 3.09. The topological polar surface area (TPSA) is 66.8 Å². The lowest BCUT2D eigenvalue weighted by Gasteiger charge is -2.58. The standard InChI is InChI=1S/C22H34O4/c1-3-4-10-17-20-16(11-12-18(23)15-8-6-5-7-9-15)19(24)13-14-22(20,26-2)21(17)25/h15-20,23-24H,3-10,13-14H2,1-2H3/t16-,17?,18+,19+,20-,22+/m0/s1.